The lowest BCUT2D eigenvalue weighted by atomic mass is 9.96. The summed E-state index contributed by atoms with van der Waals surface area (Å²) in [6.07, 6.45) is 10.4. The largest absolute Gasteiger partial charge is 0.313 e. The van der Waals surface area contributed by atoms with Crippen molar-refractivity contribution in [3.63, 3.8) is 0 Å². The molecule has 0 saturated heterocycles. The Kier molecular flexibility index (Phi) is 4.23. The van der Waals surface area contributed by atoms with Gasteiger partial charge in [0.2, 0.25) is 0 Å². The molecule has 5 nitrogen and oxygen atoms in total. The van der Waals surface area contributed by atoms with Gasteiger partial charge in [0.1, 0.15) is 17.7 Å². The van der Waals surface area contributed by atoms with E-state index in [4.69, 9.17) is 4.99 Å². The molecule has 5 heteroatoms. The van der Waals surface area contributed by atoms with Crippen molar-refractivity contribution in [3.05, 3.63) is 65.9 Å². The second kappa shape index (κ2) is 6.83. The molecule has 24 heavy (non-hydrogen) atoms. The SMILES string of the molecule is C(N=c1ccccn1Cn1nnc2ccccc21)=C1CCCCC1. The zero-order chi connectivity index (χ0) is 16.2. The van der Waals surface area contributed by atoms with E-state index < -0.39 is 0 Å². The molecule has 1 fully saturated rings. The summed E-state index contributed by atoms with van der Waals surface area (Å²) in [7, 11) is 0. The number of nitrogens with zero attached hydrogens (tertiary/aromatic N) is 5. The summed E-state index contributed by atoms with van der Waals surface area (Å²) < 4.78 is 4.00. The highest BCUT2D eigenvalue weighted by Crippen LogP contribution is 2.22. The number of para-hydroxylation sites is 1. The molecule has 0 unspecified atom stereocenters. The van der Waals surface area contributed by atoms with Crippen LogP contribution < -0.4 is 5.49 Å². The minimum atomic E-state index is 0.601. The van der Waals surface area contributed by atoms with E-state index in [1.807, 2.05) is 53.3 Å². The number of fused-ring (bicyclic) bond motifs is 1. The van der Waals surface area contributed by atoms with Gasteiger partial charge in [-0.15, -0.1) is 5.10 Å². The van der Waals surface area contributed by atoms with Crippen molar-refractivity contribution in [2.75, 3.05) is 0 Å². The van der Waals surface area contributed by atoms with Crippen LogP contribution in [0.5, 0.6) is 0 Å². The predicted octanol–water partition coefficient (Wildman–Crippen LogP) is 3.49. The molecule has 1 aliphatic rings. The van der Waals surface area contributed by atoms with Crippen LogP contribution in [0, 0.1) is 0 Å². The number of hydrogen-bond acceptors (Lipinski definition) is 3. The van der Waals surface area contributed by atoms with Crippen molar-refractivity contribution in [3.8, 4) is 0 Å². The average Bonchev–Trinajstić information content (AvgIpc) is 3.05. The molecule has 2 heterocycles. The number of benzene rings is 1. The molecule has 122 valence electrons. The molecule has 0 N–H and O–H groups in total. The molecular weight excluding hydrogens is 298 g/mol. The van der Waals surface area contributed by atoms with E-state index in [-0.39, 0.29) is 0 Å². The van der Waals surface area contributed by atoms with Gasteiger partial charge in [0.25, 0.3) is 0 Å². The van der Waals surface area contributed by atoms with E-state index >= 15 is 0 Å². The van der Waals surface area contributed by atoms with Gasteiger partial charge in [-0.2, -0.15) is 0 Å². The minimum Gasteiger partial charge on any atom is -0.313 e. The monoisotopic (exact) mass is 319 g/mol. The molecule has 1 aromatic carbocycles. The molecule has 0 radical (unpaired) electrons. The van der Waals surface area contributed by atoms with Gasteiger partial charge in [0.15, 0.2) is 0 Å². The number of aromatic nitrogens is 4. The van der Waals surface area contributed by atoms with E-state index in [1.165, 1.54) is 37.7 Å². The van der Waals surface area contributed by atoms with E-state index in [2.05, 4.69) is 21.1 Å². The van der Waals surface area contributed by atoms with E-state index in [0.717, 1.165) is 16.5 Å². The van der Waals surface area contributed by atoms with Gasteiger partial charge in [-0.1, -0.05) is 35.4 Å². The van der Waals surface area contributed by atoms with Crippen LogP contribution in [-0.4, -0.2) is 19.6 Å². The van der Waals surface area contributed by atoms with Crippen molar-refractivity contribution < 1.29 is 0 Å². The van der Waals surface area contributed by atoms with Crippen LogP contribution in [0.2, 0.25) is 0 Å². The standard InChI is InChI=1S/C19H21N5/c1-2-8-16(9-3-1)14-20-19-12-6-7-13-23(19)15-24-18-11-5-4-10-17(18)21-22-24/h4-7,10-14H,1-3,8-9,15H2. The Hall–Kier alpha value is -2.69. The third-order valence-corrected chi connectivity index (χ3v) is 4.50. The summed E-state index contributed by atoms with van der Waals surface area (Å²) in [5, 5.41) is 8.49. The quantitative estimate of drug-likeness (QED) is 0.742. The number of allylic oxidation sites excluding steroid dienone is 1. The number of pyridine rings is 1. The van der Waals surface area contributed by atoms with Gasteiger partial charge in [0.05, 0.1) is 5.52 Å². The second-order valence-corrected chi connectivity index (χ2v) is 6.22. The minimum absolute atomic E-state index is 0.601. The fourth-order valence-electron chi connectivity index (χ4n) is 3.16. The third kappa shape index (κ3) is 3.15. The Balaban J connectivity index is 1.66. The molecule has 2 aromatic heterocycles. The molecule has 1 aliphatic carbocycles. The summed E-state index contributed by atoms with van der Waals surface area (Å²) in [6.45, 7) is 0.601. The molecule has 1 saturated carbocycles. The summed E-state index contributed by atoms with van der Waals surface area (Å²) >= 11 is 0. The van der Waals surface area contributed by atoms with Crippen molar-refractivity contribution >= 4 is 11.0 Å². The van der Waals surface area contributed by atoms with Gasteiger partial charge in [0, 0.05) is 12.4 Å². The van der Waals surface area contributed by atoms with Crippen LogP contribution in [0.15, 0.2) is 65.4 Å². The Morgan fingerprint density at radius 1 is 1.00 bits per heavy atom. The first kappa shape index (κ1) is 14.9. The highest BCUT2D eigenvalue weighted by atomic mass is 15.5. The molecule has 0 bridgehead atoms. The topological polar surface area (TPSA) is 48.0 Å². The highest BCUT2D eigenvalue weighted by molar-refractivity contribution is 5.73. The molecule has 3 aromatic rings. The normalized spacial score (nSPS) is 15.8. The van der Waals surface area contributed by atoms with Crippen molar-refractivity contribution in [2.45, 2.75) is 38.8 Å². The maximum absolute atomic E-state index is 4.73. The van der Waals surface area contributed by atoms with Gasteiger partial charge < -0.3 is 4.57 Å². The van der Waals surface area contributed by atoms with Crippen LogP contribution in [0.4, 0.5) is 0 Å². The molecule has 0 amide bonds. The Bertz CT molecular complexity index is 924. The van der Waals surface area contributed by atoms with Crippen LogP contribution in [0.25, 0.3) is 11.0 Å². The lowest BCUT2D eigenvalue weighted by Crippen LogP contribution is -2.23. The van der Waals surface area contributed by atoms with E-state index in [0.29, 0.717) is 6.67 Å². The smallest absolute Gasteiger partial charge is 0.133 e. The molecule has 0 atom stereocenters. The van der Waals surface area contributed by atoms with Crippen molar-refractivity contribution in [1.29, 1.82) is 0 Å². The van der Waals surface area contributed by atoms with Crippen LogP contribution >= 0.6 is 0 Å². The molecule has 0 aliphatic heterocycles. The zero-order valence-corrected chi connectivity index (χ0v) is 13.7. The summed E-state index contributed by atoms with van der Waals surface area (Å²) in [5.74, 6) is 0. The lowest BCUT2D eigenvalue weighted by molar-refractivity contribution is 0.527. The third-order valence-electron chi connectivity index (χ3n) is 4.50. The number of hydrogen-bond donors (Lipinski definition) is 0. The molecular formula is C19H21N5. The van der Waals surface area contributed by atoms with E-state index in [1.54, 1.807) is 0 Å². The van der Waals surface area contributed by atoms with Gasteiger partial charge >= 0.3 is 0 Å². The fourth-order valence-corrected chi connectivity index (χ4v) is 3.16. The lowest BCUT2D eigenvalue weighted by Gasteiger charge is -2.12. The maximum atomic E-state index is 4.73. The Labute approximate surface area is 141 Å². The highest BCUT2D eigenvalue weighted by Gasteiger charge is 2.05. The summed E-state index contributed by atoms with van der Waals surface area (Å²) in [4.78, 5) is 4.73. The summed E-state index contributed by atoms with van der Waals surface area (Å²) in [5.41, 5.74) is 4.35. The Morgan fingerprint density at radius 3 is 2.75 bits per heavy atom. The number of rotatable bonds is 3. The first-order valence-corrected chi connectivity index (χ1v) is 8.56. The van der Waals surface area contributed by atoms with Crippen LogP contribution in [-0.2, 0) is 6.67 Å². The summed E-state index contributed by atoms with van der Waals surface area (Å²) in [6, 6.07) is 14.1. The first-order valence-electron chi connectivity index (χ1n) is 8.56. The maximum Gasteiger partial charge on any atom is 0.133 e. The van der Waals surface area contributed by atoms with Crippen molar-refractivity contribution in [1.82, 2.24) is 19.6 Å². The molecule has 0 spiro atoms. The van der Waals surface area contributed by atoms with Crippen molar-refractivity contribution in [2.24, 2.45) is 4.99 Å². The predicted molar refractivity (Wildman–Crippen MR) is 94.1 cm³/mol. The van der Waals surface area contributed by atoms with Gasteiger partial charge in [-0.3, -0.25) is 0 Å². The average molecular weight is 319 g/mol. The van der Waals surface area contributed by atoms with Gasteiger partial charge in [-0.25, -0.2) is 9.67 Å². The zero-order valence-electron chi connectivity index (χ0n) is 13.7. The van der Waals surface area contributed by atoms with Crippen LogP contribution in [0.1, 0.15) is 32.1 Å². The van der Waals surface area contributed by atoms with Crippen LogP contribution in [0.3, 0.4) is 0 Å². The van der Waals surface area contributed by atoms with Gasteiger partial charge in [-0.05, 0) is 49.9 Å². The molecule has 4 rings (SSSR count). The fraction of sp³-hybridized carbons (Fsp3) is 0.316. The first-order chi connectivity index (χ1) is 11.9. The second-order valence-electron chi connectivity index (χ2n) is 6.22. The Morgan fingerprint density at radius 2 is 1.83 bits per heavy atom. The van der Waals surface area contributed by atoms with E-state index in [9.17, 15) is 0 Å².